The average molecular weight is 313 g/mol. The van der Waals surface area contributed by atoms with Gasteiger partial charge in [0, 0.05) is 5.56 Å². The summed E-state index contributed by atoms with van der Waals surface area (Å²) in [5, 5.41) is 2.79. The van der Waals surface area contributed by atoms with Crippen LogP contribution in [0.3, 0.4) is 0 Å². The first-order valence-electron chi connectivity index (χ1n) is 7.46. The fourth-order valence-electron chi connectivity index (χ4n) is 2.03. The van der Waals surface area contributed by atoms with E-state index in [4.69, 9.17) is 9.47 Å². The van der Waals surface area contributed by atoms with Gasteiger partial charge in [-0.2, -0.15) is 0 Å². The topological polar surface area (TPSA) is 64.6 Å². The Kier molecular flexibility index (Phi) is 5.74. The van der Waals surface area contributed by atoms with Gasteiger partial charge in [-0.1, -0.05) is 18.2 Å². The van der Waals surface area contributed by atoms with E-state index < -0.39 is 5.97 Å². The number of nitrogens with one attached hydrogen (secondary N) is 1. The minimum absolute atomic E-state index is 0.240. The van der Waals surface area contributed by atoms with E-state index in [-0.39, 0.29) is 5.91 Å². The highest BCUT2D eigenvalue weighted by Crippen LogP contribution is 2.27. The van der Waals surface area contributed by atoms with E-state index in [1.165, 1.54) is 0 Å². The molecule has 120 valence electrons. The Morgan fingerprint density at radius 1 is 0.957 bits per heavy atom. The van der Waals surface area contributed by atoms with Crippen molar-refractivity contribution in [1.29, 1.82) is 0 Å². The summed E-state index contributed by atoms with van der Waals surface area (Å²) in [6.45, 7) is 4.30. The summed E-state index contributed by atoms with van der Waals surface area (Å²) in [6, 6.07) is 13.7. The van der Waals surface area contributed by atoms with Crippen LogP contribution in [0.5, 0.6) is 5.75 Å². The first-order chi connectivity index (χ1) is 11.2. The van der Waals surface area contributed by atoms with E-state index in [0.29, 0.717) is 35.8 Å². The van der Waals surface area contributed by atoms with Gasteiger partial charge in [-0.25, -0.2) is 4.79 Å². The van der Waals surface area contributed by atoms with Crippen LogP contribution in [0.25, 0.3) is 0 Å². The Labute approximate surface area is 135 Å². The van der Waals surface area contributed by atoms with E-state index in [0.717, 1.165) is 0 Å². The summed E-state index contributed by atoms with van der Waals surface area (Å²) in [7, 11) is 0. The molecule has 5 nitrogen and oxygen atoms in total. The lowest BCUT2D eigenvalue weighted by molar-refractivity contribution is 0.0526. The van der Waals surface area contributed by atoms with Crippen molar-refractivity contribution in [2.45, 2.75) is 13.8 Å². The summed E-state index contributed by atoms with van der Waals surface area (Å²) in [5.41, 5.74) is 1.44. The SMILES string of the molecule is CCOC(=O)c1ccc(NC(=O)c2ccccc2)c(OCC)c1. The predicted molar refractivity (Wildman–Crippen MR) is 88.0 cm³/mol. The number of hydrogen-bond acceptors (Lipinski definition) is 4. The molecule has 1 amide bonds. The highest BCUT2D eigenvalue weighted by molar-refractivity contribution is 6.05. The summed E-state index contributed by atoms with van der Waals surface area (Å²) in [4.78, 5) is 24.0. The molecule has 0 saturated carbocycles. The molecule has 0 aliphatic rings. The molecule has 0 aliphatic heterocycles. The van der Waals surface area contributed by atoms with Crippen LogP contribution < -0.4 is 10.1 Å². The van der Waals surface area contributed by atoms with Gasteiger partial charge < -0.3 is 14.8 Å². The van der Waals surface area contributed by atoms with Crippen molar-refractivity contribution in [2.75, 3.05) is 18.5 Å². The van der Waals surface area contributed by atoms with Gasteiger partial charge >= 0.3 is 5.97 Å². The lowest BCUT2D eigenvalue weighted by Crippen LogP contribution is -2.13. The molecule has 2 aromatic rings. The van der Waals surface area contributed by atoms with Crippen LogP contribution in [0.1, 0.15) is 34.6 Å². The second kappa shape index (κ2) is 7.98. The summed E-state index contributed by atoms with van der Waals surface area (Å²) in [6.07, 6.45) is 0. The number of anilines is 1. The van der Waals surface area contributed by atoms with Crippen molar-refractivity contribution in [3.8, 4) is 5.75 Å². The van der Waals surface area contributed by atoms with Gasteiger partial charge in [-0.15, -0.1) is 0 Å². The normalized spacial score (nSPS) is 10.0. The van der Waals surface area contributed by atoms with E-state index in [1.807, 2.05) is 13.0 Å². The van der Waals surface area contributed by atoms with Crippen molar-refractivity contribution in [3.05, 3.63) is 59.7 Å². The van der Waals surface area contributed by atoms with Gasteiger partial charge in [0.2, 0.25) is 0 Å². The number of benzene rings is 2. The second-order valence-electron chi connectivity index (χ2n) is 4.68. The maximum Gasteiger partial charge on any atom is 0.338 e. The summed E-state index contributed by atoms with van der Waals surface area (Å²) in [5.74, 6) is -0.229. The molecule has 1 N–H and O–H groups in total. The third-order valence-corrected chi connectivity index (χ3v) is 3.08. The van der Waals surface area contributed by atoms with Crippen LogP contribution in [0, 0.1) is 0 Å². The number of rotatable bonds is 6. The molecule has 0 saturated heterocycles. The Balaban J connectivity index is 2.24. The molecular formula is C18H19NO4. The smallest absolute Gasteiger partial charge is 0.338 e. The largest absolute Gasteiger partial charge is 0.492 e. The Bertz CT molecular complexity index is 683. The monoisotopic (exact) mass is 313 g/mol. The van der Waals surface area contributed by atoms with Crippen molar-refractivity contribution in [2.24, 2.45) is 0 Å². The van der Waals surface area contributed by atoms with Crippen LogP contribution in [-0.4, -0.2) is 25.1 Å². The first-order valence-corrected chi connectivity index (χ1v) is 7.46. The molecular weight excluding hydrogens is 294 g/mol. The van der Waals surface area contributed by atoms with Gasteiger partial charge in [-0.3, -0.25) is 4.79 Å². The standard InChI is InChI=1S/C18H19NO4/c1-3-22-16-12-14(18(21)23-4-2)10-11-15(16)19-17(20)13-8-6-5-7-9-13/h5-12H,3-4H2,1-2H3,(H,19,20). The van der Waals surface area contributed by atoms with Crippen molar-refractivity contribution in [1.82, 2.24) is 0 Å². The maximum atomic E-state index is 12.2. The van der Waals surface area contributed by atoms with E-state index in [2.05, 4.69) is 5.32 Å². The average Bonchev–Trinajstić information content (AvgIpc) is 2.57. The van der Waals surface area contributed by atoms with Crippen LogP contribution in [0.4, 0.5) is 5.69 Å². The Morgan fingerprint density at radius 2 is 1.70 bits per heavy atom. The van der Waals surface area contributed by atoms with Crippen molar-refractivity contribution < 1.29 is 19.1 Å². The molecule has 0 unspecified atom stereocenters. The molecule has 0 bridgehead atoms. The number of ether oxygens (including phenoxy) is 2. The first kappa shape index (κ1) is 16.5. The van der Waals surface area contributed by atoms with Crippen LogP contribution >= 0.6 is 0 Å². The Morgan fingerprint density at radius 3 is 2.35 bits per heavy atom. The number of hydrogen-bond donors (Lipinski definition) is 1. The zero-order valence-electron chi connectivity index (χ0n) is 13.2. The number of carbonyl (C=O) groups excluding carboxylic acids is 2. The molecule has 23 heavy (non-hydrogen) atoms. The van der Waals surface area contributed by atoms with Crippen LogP contribution in [0.2, 0.25) is 0 Å². The van der Waals surface area contributed by atoms with Gasteiger partial charge in [0.05, 0.1) is 24.5 Å². The molecule has 2 rings (SSSR count). The van der Waals surface area contributed by atoms with Gasteiger partial charge in [0.15, 0.2) is 0 Å². The molecule has 0 atom stereocenters. The zero-order valence-corrected chi connectivity index (χ0v) is 13.2. The van der Waals surface area contributed by atoms with Gasteiger partial charge in [-0.05, 0) is 44.2 Å². The summed E-state index contributed by atoms with van der Waals surface area (Å²) >= 11 is 0. The third kappa shape index (κ3) is 4.32. The van der Waals surface area contributed by atoms with Crippen molar-refractivity contribution >= 4 is 17.6 Å². The molecule has 0 aliphatic carbocycles. The second-order valence-corrected chi connectivity index (χ2v) is 4.68. The van der Waals surface area contributed by atoms with Gasteiger partial charge in [0.1, 0.15) is 5.75 Å². The molecule has 2 aromatic carbocycles. The van der Waals surface area contributed by atoms with Crippen molar-refractivity contribution in [3.63, 3.8) is 0 Å². The van der Waals surface area contributed by atoms with E-state index in [1.54, 1.807) is 49.4 Å². The highest BCUT2D eigenvalue weighted by Gasteiger charge is 2.14. The highest BCUT2D eigenvalue weighted by atomic mass is 16.5. The fraction of sp³-hybridized carbons (Fsp3) is 0.222. The molecule has 5 heteroatoms. The lowest BCUT2D eigenvalue weighted by atomic mass is 10.1. The molecule has 0 fully saturated rings. The Hall–Kier alpha value is -2.82. The van der Waals surface area contributed by atoms with Gasteiger partial charge in [0.25, 0.3) is 5.91 Å². The quantitative estimate of drug-likeness (QED) is 0.829. The summed E-state index contributed by atoms with van der Waals surface area (Å²) < 4.78 is 10.5. The lowest BCUT2D eigenvalue weighted by Gasteiger charge is -2.13. The number of carbonyl (C=O) groups is 2. The molecule has 0 aromatic heterocycles. The van der Waals surface area contributed by atoms with Crippen LogP contribution in [0.15, 0.2) is 48.5 Å². The molecule has 0 spiro atoms. The van der Waals surface area contributed by atoms with E-state index >= 15 is 0 Å². The molecule has 0 heterocycles. The fourth-order valence-corrected chi connectivity index (χ4v) is 2.03. The zero-order chi connectivity index (χ0) is 16.7. The predicted octanol–water partition coefficient (Wildman–Crippen LogP) is 3.51. The van der Waals surface area contributed by atoms with E-state index in [9.17, 15) is 9.59 Å². The minimum atomic E-state index is -0.422. The minimum Gasteiger partial charge on any atom is -0.492 e. The third-order valence-electron chi connectivity index (χ3n) is 3.08. The number of amides is 1. The van der Waals surface area contributed by atoms with Crippen LogP contribution in [-0.2, 0) is 4.74 Å². The molecule has 0 radical (unpaired) electrons. The number of esters is 1. The maximum absolute atomic E-state index is 12.2.